The van der Waals surface area contributed by atoms with Crippen LogP contribution in [0.1, 0.15) is 10.6 Å². The Bertz CT molecular complexity index is 559. The van der Waals surface area contributed by atoms with E-state index >= 15 is 0 Å². The number of hydrogen-bond donors (Lipinski definition) is 1. The first-order chi connectivity index (χ1) is 9.72. The molecule has 0 radical (unpaired) electrons. The Balaban J connectivity index is 1.97. The van der Waals surface area contributed by atoms with Crippen molar-refractivity contribution in [3.63, 3.8) is 0 Å². The molecule has 1 aromatic heterocycles. The Kier molecular flexibility index (Phi) is 5.91. The first-order valence-electron chi connectivity index (χ1n) is 6.50. The van der Waals surface area contributed by atoms with Crippen LogP contribution in [0.2, 0.25) is 5.02 Å². The van der Waals surface area contributed by atoms with Crippen LogP contribution in [0.3, 0.4) is 0 Å². The largest absolute Gasteiger partial charge is 0.383 e. The molecule has 0 fully saturated rings. The van der Waals surface area contributed by atoms with Crippen LogP contribution in [0.25, 0.3) is 10.6 Å². The summed E-state index contributed by atoms with van der Waals surface area (Å²) in [5, 5.41) is 14.4. The number of hydrogen-bond acceptors (Lipinski definition) is 5. The van der Waals surface area contributed by atoms with Crippen LogP contribution < -0.4 is 5.32 Å². The monoisotopic (exact) mass is 311 g/mol. The number of rotatable bonds is 7. The summed E-state index contributed by atoms with van der Waals surface area (Å²) in [6, 6.07) is 5.97. The fourth-order valence-corrected chi connectivity index (χ4v) is 2.91. The quantitative estimate of drug-likeness (QED) is 0.799. The molecular weight excluding hydrogens is 294 g/mol. The van der Waals surface area contributed by atoms with Crippen LogP contribution >= 0.6 is 22.9 Å². The Morgan fingerprint density at radius 3 is 2.95 bits per heavy atom. The Hall–Kier alpha value is -1.01. The molecular formula is C14H18ClN3OS. The summed E-state index contributed by atoms with van der Waals surface area (Å²) in [6.45, 7) is 4.44. The summed E-state index contributed by atoms with van der Waals surface area (Å²) in [4.78, 5) is 0. The van der Waals surface area contributed by atoms with Crippen molar-refractivity contribution < 1.29 is 4.74 Å². The molecule has 108 valence electrons. The first-order valence-corrected chi connectivity index (χ1v) is 7.69. The number of halogens is 1. The van der Waals surface area contributed by atoms with Gasteiger partial charge in [0.1, 0.15) is 10.0 Å². The maximum atomic E-state index is 6.31. The summed E-state index contributed by atoms with van der Waals surface area (Å²) in [5.41, 5.74) is 2.02. The number of aryl methyl sites for hydroxylation is 1. The van der Waals surface area contributed by atoms with Gasteiger partial charge >= 0.3 is 0 Å². The van der Waals surface area contributed by atoms with Crippen LogP contribution in [-0.2, 0) is 11.2 Å². The molecule has 4 nitrogen and oxygen atoms in total. The van der Waals surface area contributed by atoms with E-state index in [0.29, 0.717) is 0 Å². The highest BCUT2D eigenvalue weighted by Gasteiger charge is 2.11. The molecule has 1 heterocycles. The molecule has 2 aromatic rings. The number of nitrogens with zero attached hydrogens (tertiary/aromatic N) is 2. The van der Waals surface area contributed by atoms with E-state index < -0.39 is 0 Å². The van der Waals surface area contributed by atoms with Crippen molar-refractivity contribution in [1.82, 2.24) is 15.5 Å². The van der Waals surface area contributed by atoms with E-state index in [-0.39, 0.29) is 0 Å². The van der Waals surface area contributed by atoms with E-state index in [1.807, 2.05) is 25.1 Å². The van der Waals surface area contributed by atoms with E-state index in [1.165, 1.54) is 0 Å². The molecule has 6 heteroatoms. The van der Waals surface area contributed by atoms with Gasteiger partial charge in [0.05, 0.1) is 11.6 Å². The average molecular weight is 312 g/mol. The van der Waals surface area contributed by atoms with Gasteiger partial charge in [-0.05, 0) is 12.5 Å². The minimum atomic E-state index is 0.722. The molecule has 20 heavy (non-hydrogen) atoms. The van der Waals surface area contributed by atoms with Gasteiger partial charge in [0.2, 0.25) is 0 Å². The van der Waals surface area contributed by atoms with Gasteiger partial charge < -0.3 is 10.1 Å². The first kappa shape index (κ1) is 15.4. The number of methoxy groups -OCH3 is 1. The van der Waals surface area contributed by atoms with Crippen LogP contribution in [0.4, 0.5) is 0 Å². The second-order valence-electron chi connectivity index (χ2n) is 4.43. The standard InChI is InChI=1S/C14H18ClN3OS/c1-10-4-3-5-11(13(10)15)14-18-17-12(20-14)6-7-16-8-9-19-2/h3-5,16H,6-9H2,1-2H3. The molecule has 0 saturated carbocycles. The zero-order valence-corrected chi connectivity index (χ0v) is 13.2. The van der Waals surface area contributed by atoms with Gasteiger partial charge in [-0.1, -0.05) is 41.1 Å². The van der Waals surface area contributed by atoms with Crippen molar-refractivity contribution in [1.29, 1.82) is 0 Å². The molecule has 1 N–H and O–H groups in total. The van der Waals surface area contributed by atoms with Gasteiger partial charge in [0.25, 0.3) is 0 Å². The average Bonchev–Trinajstić information content (AvgIpc) is 2.90. The minimum Gasteiger partial charge on any atom is -0.383 e. The smallest absolute Gasteiger partial charge is 0.149 e. The van der Waals surface area contributed by atoms with Gasteiger partial charge in [0, 0.05) is 32.2 Å². The highest BCUT2D eigenvalue weighted by Crippen LogP contribution is 2.32. The van der Waals surface area contributed by atoms with Crippen molar-refractivity contribution in [2.24, 2.45) is 0 Å². The predicted molar refractivity (Wildman–Crippen MR) is 83.5 cm³/mol. The Morgan fingerprint density at radius 1 is 1.30 bits per heavy atom. The van der Waals surface area contributed by atoms with E-state index in [0.717, 1.165) is 52.3 Å². The van der Waals surface area contributed by atoms with Crippen LogP contribution in [-0.4, -0.2) is 37.0 Å². The zero-order chi connectivity index (χ0) is 14.4. The highest BCUT2D eigenvalue weighted by molar-refractivity contribution is 7.14. The molecule has 0 aliphatic heterocycles. The van der Waals surface area contributed by atoms with E-state index in [4.69, 9.17) is 16.3 Å². The third-order valence-electron chi connectivity index (χ3n) is 2.89. The predicted octanol–water partition coefficient (Wildman–Crippen LogP) is 2.95. The summed E-state index contributed by atoms with van der Waals surface area (Å²) >= 11 is 7.91. The topological polar surface area (TPSA) is 47.0 Å². The van der Waals surface area contributed by atoms with E-state index in [2.05, 4.69) is 15.5 Å². The molecule has 1 aromatic carbocycles. The molecule has 0 unspecified atom stereocenters. The molecule has 0 atom stereocenters. The van der Waals surface area contributed by atoms with Gasteiger partial charge in [-0.3, -0.25) is 0 Å². The summed E-state index contributed by atoms with van der Waals surface area (Å²) in [6.07, 6.45) is 0.866. The lowest BCUT2D eigenvalue weighted by molar-refractivity contribution is 0.199. The lowest BCUT2D eigenvalue weighted by Gasteiger charge is -2.02. The van der Waals surface area contributed by atoms with Gasteiger partial charge in [-0.2, -0.15) is 0 Å². The van der Waals surface area contributed by atoms with Crippen molar-refractivity contribution in [2.75, 3.05) is 26.8 Å². The molecule has 0 aliphatic carbocycles. The fourth-order valence-electron chi connectivity index (χ4n) is 1.77. The third kappa shape index (κ3) is 3.99. The molecule has 0 saturated heterocycles. The fraction of sp³-hybridized carbons (Fsp3) is 0.429. The molecule has 0 amide bonds. The van der Waals surface area contributed by atoms with Crippen molar-refractivity contribution in [3.8, 4) is 10.6 Å². The summed E-state index contributed by atoms with van der Waals surface area (Å²) in [5.74, 6) is 0. The van der Waals surface area contributed by atoms with Gasteiger partial charge in [0.15, 0.2) is 0 Å². The highest BCUT2D eigenvalue weighted by atomic mass is 35.5. The van der Waals surface area contributed by atoms with Crippen molar-refractivity contribution >= 4 is 22.9 Å². The number of benzene rings is 1. The molecule has 2 rings (SSSR count). The second kappa shape index (κ2) is 7.69. The normalized spacial score (nSPS) is 10.9. The van der Waals surface area contributed by atoms with Crippen LogP contribution in [0, 0.1) is 6.92 Å². The van der Waals surface area contributed by atoms with Crippen LogP contribution in [0.15, 0.2) is 18.2 Å². The lowest BCUT2D eigenvalue weighted by Crippen LogP contribution is -2.21. The Labute approximate surface area is 128 Å². The molecule has 0 aliphatic rings. The van der Waals surface area contributed by atoms with Crippen molar-refractivity contribution in [2.45, 2.75) is 13.3 Å². The van der Waals surface area contributed by atoms with Crippen LogP contribution in [0.5, 0.6) is 0 Å². The van der Waals surface area contributed by atoms with Gasteiger partial charge in [-0.15, -0.1) is 10.2 Å². The molecule has 0 spiro atoms. The Morgan fingerprint density at radius 2 is 2.15 bits per heavy atom. The number of nitrogens with one attached hydrogen (secondary N) is 1. The summed E-state index contributed by atoms with van der Waals surface area (Å²) in [7, 11) is 1.70. The maximum Gasteiger partial charge on any atom is 0.149 e. The molecule has 0 bridgehead atoms. The number of ether oxygens (including phenoxy) is 1. The number of aromatic nitrogens is 2. The third-order valence-corrected chi connectivity index (χ3v) is 4.41. The minimum absolute atomic E-state index is 0.722. The lowest BCUT2D eigenvalue weighted by atomic mass is 10.1. The summed E-state index contributed by atoms with van der Waals surface area (Å²) < 4.78 is 4.98. The zero-order valence-electron chi connectivity index (χ0n) is 11.6. The van der Waals surface area contributed by atoms with Gasteiger partial charge in [-0.25, -0.2) is 0 Å². The second-order valence-corrected chi connectivity index (χ2v) is 5.87. The van der Waals surface area contributed by atoms with E-state index in [1.54, 1.807) is 18.4 Å². The maximum absolute atomic E-state index is 6.31. The van der Waals surface area contributed by atoms with E-state index in [9.17, 15) is 0 Å². The van der Waals surface area contributed by atoms with Crippen molar-refractivity contribution in [3.05, 3.63) is 33.8 Å². The SMILES string of the molecule is COCCNCCc1nnc(-c2cccc(C)c2Cl)s1.